The molecule has 2 atom stereocenters. The number of halogens is 4. The molecule has 1 aliphatic heterocycles. The molecule has 0 aromatic heterocycles. The van der Waals surface area contributed by atoms with E-state index in [1.54, 1.807) is 0 Å². The van der Waals surface area contributed by atoms with Crippen LogP contribution in [0.3, 0.4) is 0 Å². The van der Waals surface area contributed by atoms with Gasteiger partial charge in [0.25, 0.3) is 0 Å². The quantitative estimate of drug-likeness (QED) is 0.801. The maximum atomic E-state index is 13.4. The molecule has 21 heavy (non-hydrogen) atoms. The fourth-order valence-corrected chi connectivity index (χ4v) is 2.94. The summed E-state index contributed by atoms with van der Waals surface area (Å²) in [6.07, 6.45) is -3.99. The standard InChI is InChI=1S/C15H20F4N2/c1-14(2,3)21-7-6-12(20)13(21)9-4-5-11(16)10(8-9)15(17,18)19/h4-5,8,12-13H,6-7,20H2,1-3H3. The predicted molar refractivity (Wildman–Crippen MR) is 73.2 cm³/mol. The molecule has 0 amide bonds. The summed E-state index contributed by atoms with van der Waals surface area (Å²) in [6, 6.07) is 2.59. The Balaban J connectivity index is 2.45. The molecule has 1 aromatic rings. The van der Waals surface area contributed by atoms with Crippen molar-refractivity contribution in [1.29, 1.82) is 0 Å². The van der Waals surface area contributed by atoms with E-state index in [9.17, 15) is 17.6 Å². The fourth-order valence-electron chi connectivity index (χ4n) is 2.94. The molecule has 1 aliphatic rings. The summed E-state index contributed by atoms with van der Waals surface area (Å²) in [4.78, 5) is 2.07. The third-order valence-corrected chi connectivity index (χ3v) is 3.94. The number of likely N-dealkylation sites (tertiary alicyclic amines) is 1. The van der Waals surface area contributed by atoms with Crippen molar-refractivity contribution in [1.82, 2.24) is 4.90 Å². The van der Waals surface area contributed by atoms with Gasteiger partial charge in [0.05, 0.1) is 11.6 Å². The number of nitrogens with two attached hydrogens (primary N) is 1. The lowest BCUT2D eigenvalue weighted by Gasteiger charge is -2.38. The van der Waals surface area contributed by atoms with Gasteiger partial charge in [0, 0.05) is 18.1 Å². The van der Waals surface area contributed by atoms with Gasteiger partial charge in [0.1, 0.15) is 5.82 Å². The van der Waals surface area contributed by atoms with Crippen LogP contribution in [-0.2, 0) is 6.18 Å². The zero-order valence-electron chi connectivity index (χ0n) is 12.3. The molecule has 0 spiro atoms. The molecule has 118 valence electrons. The van der Waals surface area contributed by atoms with E-state index in [0.717, 1.165) is 12.1 Å². The minimum atomic E-state index is -4.70. The molecule has 0 radical (unpaired) electrons. The van der Waals surface area contributed by atoms with Crippen molar-refractivity contribution < 1.29 is 17.6 Å². The smallest absolute Gasteiger partial charge is 0.326 e. The summed E-state index contributed by atoms with van der Waals surface area (Å²) in [7, 11) is 0. The summed E-state index contributed by atoms with van der Waals surface area (Å²) < 4.78 is 52.0. The molecule has 2 N–H and O–H groups in total. The van der Waals surface area contributed by atoms with E-state index < -0.39 is 17.6 Å². The lowest BCUT2D eigenvalue weighted by atomic mass is 9.95. The Labute approximate surface area is 121 Å². The normalized spacial score (nSPS) is 24.6. The van der Waals surface area contributed by atoms with Gasteiger partial charge in [-0.2, -0.15) is 13.2 Å². The molecule has 2 rings (SSSR count). The zero-order valence-corrected chi connectivity index (χ0v) is 12.3. The van der Waals surface area contributed by atoms with Crippen LogP contribution in [0.15, 0.2) is 18.2 Å². The molecular formula is C15H20F4N2. The highest BCUT2D eigenvalue weighted by Gasteiger charge is 2.41. The van der Waals surface area contributed by atoms with Crippen LogP contribution in [0.5, 0.6) is 0 Å². The van der Waals surface area contributed by atoms with E-state index in [-0.39, 0.29) is 17.6 Å². The molecule has 2 nitrogen and oxygen atoms in total. The van der Waals surface area contributed by atoms with Crippen LogP contribution in [-0.4, -0.2) is 23.0 Å². The monoisotopic (exact) mass is 304 g/mol. The first kappa shape index (κ1) is 16.2. The second kappa shape index (κ2) is 5.25. The summed E-state index contributed by atoms with van der Waals surface area (Å²) in [6.45, 7) is 6.69. The maximum absolute atomic E-state index is 13.4. The van der Waals surface area contributed by atoms with Crippen LogP contribution in [0.2, 0.25) is 0 Å². The van der Waals surface area contributed by atoms with E-state index in [1.165, 1.54) is 6.07 Å². The van der Waals surface area contributed by atoms with Gasteiger partial charge in [-0.3, -0.25) is 4.90 Å². The minimum absolute atomic E-state index is 0.217. The molecule has 0 saturated carbocycles. The van der Waals surface area contributed by atoms with Crippen LogP contribution in [0.1, 0.15) is 44.4 Å². The van der Waals surface area contributed by atoms with E-state index >= 15 is 0 Å². The van der Waals surface area contributed by atoms with Gasteiger partial charge in [0.2, 0.25) is 0 Å². The van der Waals surface area contributed by atoms with Gasteiger partial charge in [-0.05, 0) is 44.9 Å². The van der Waals surface area contributed by atoms with Gasteiger partial charge in [0.15, 0.2) is 0 Å². The number of hydrogen-bond acceptors (Lipinski definition) is 2. The molecule has 1 saturated heterocycles. The summed E-state index contributed by atoms with van der Waals surface area (Å²) in [5, 5.41) is 0. The average molecular weight is 304 g/mol. The highest BCUT2D eigenvalue weighted by molar-refractivity contribution is 5.31. The van der Waals surface area contributed by atoms with Crippen molar-refractivity contribution in [3.63, 3.8) is 0 Å². The highest BCUT2D eigenvalue weighted by atomic mass is 19.4. The van der Waals surface area contributed by atoms with Gasteiger partial charge >= 0.3 is 6.18 Å². The first-order valence-corrected chi connectivity index (χ1v) is 6.91. The number of benzene rings is 1. The van der Waals surface area contributed by atoms with Crippen molar-refractivity contribution in [2.45, 2.75) is 51.0 Å². The predicted octanol–water partition coefficient (Wildman–Crippen LogP) is 3.72. The van der Waals surface area contributed by atoms with E-state index in [2.05, 4.69) is 4.90 Å². The SMILES string of the molecule is CC(C)(C)N1CCC(N)C1c1ccc(F)c(C(F)(F)F)c1. The van der Waals surface area contributed by atoms with Crippen molar-refractivity contribution in [3.05, 3.63) is 35.1 Å². The van der Waals surface area contributed by atoms with Gasteiger partial charge in [-0.1, -0.05) is 6.07 Å². The Hall–Kier alpha value is -1.14. The van der Waals surface area contributed by atoms with Crippen molar-refractivity contribution in [2.75, 3.05) is 6.54 Å². The van der Waals surface area contributed by atoms with Crippen LogP contribution >= 0.6 is 0 Å². The Morgan fingerprint density at radius 2 is 1.81 bits per heavy atom. The number of nitrogens with zero attached hydrogens (tertiary/aromatic N) is 1. The molecule has 1 aromatic carbocycles. The van der Waals surface area contributed by atoms with Crippen LogP contribution in [0.4, 0.5) is 17.6 Å². The minimum Gasteiger partial charge on any atom is -0.326 e. The first-order valence-electron chi connectivity index (χ1n) is 6.91. The number of rotatable bonds is 1. The molecule has 6 heteroatoms. The molecule has 1 heterocycles. The molecular weight excluding hydrogens is 284 g/mol. The molecule has 2 unspecified atom stereocenters. The maximum Gasteiger partial charge on any atom is 0.419 e. The fraction of sp³-hybridized carbons (Fsp3) is 0.600. The van der Waals surface area contributed by atoms with Gasteiger partial charge in [-0.15, -0.1) is 0 Å². The lowest BCUT2D eigenvalue weighted by Crippen LogP contribution is -2.43. The number of alkyl halides is 3. The third kappa shape index (κ3) is 3.21. The van der Waals surface area contributed by atoms with E-state index in [4.69, 9.17) is 5.73 Å². The largest absolute Gasteiger partial charge is 0.419 e. The van der Waals surface area contributed by atoms with Crippen molar-refractivity contribution in [3.8, 4) is 0 Å². The van der Waals surface area contributed by atoms with E-state index in [0.29, 0.717) is 18.5 Å². The summed E-state index contributed by atoms with van der Waals surface area (Å²) in [5.74, 6) is -1.25. The first-order chi connectivity index (χ1) is 9.51. The summed E-state index contributed by atoms with van der Waals surface area (Å²) in [5.41, 5.74) is 5.05. The lowest BCUT2D eigenvalue weighted by molar-refractivity contribution is -0.140. The Kier molecular flexibility index (Phi) is 4.06. The molecule has 0 bridgehead atoms. The summed E-state index contributed by atoms with van der Waals surface area (Å²) >= 11 is 0. The third-order valence-electron chi connectivity index (χ3n) is 3.94. The van der Waals surface area contributed by atoms with Crippen molar-refractivity contribution in [2.24, 2.45) is 5.73 Å². The van der Waals surface area contributed by atoms with E-state index in [1.807, 2.05) is 20.8 Å². The van der Waals surface area contributed by atoms with Crippen molar-refractivity contribution >= 4 is 0 Å². The van der Waals surface area contributed by atoms with Crippen LogP contribution in [0, 0.1) is 5.82 Å². The Bertz CT molecular complexity index is 519. The Morgan fingerprint density at radius 3 is 2.33 bits per heavy atom. The van der Waals surface area contributed by atoms with Gasteiger partial charge in [-0.25, -0.2) is 4.39 Å². The van der Waals surface area contributed by atoms with Crippen LogP contribution < -0.4 is 5.73 Å². The molecule has 1 fully saturated rings. The second-order valence-corrected chi connectivity index (χ2v) is 6.50. The second-order valence-electron chi connectivity index (χ2n) is 6.50. The van der Waals surface area contributed by atoms with Crippen LogP contribution in [0.25, 0.3) is 0 Å². The molecule has 0 aliphatic carbocycles. The Morgan fingerprint density at radius 1 is 1.19 bits per heavy atom. The topological polar surface area (TPSA) is 29.3 Å². The number of hydrogen-bond donors (Lipinski definition) is 1. The average Bonchev–Trinajstić information content (AvgIpc) is 2.70. The highest BCUT2D eigenvalue weighted by Crippen LogP contribution is 2.39. The van der Waals surface area contributed by atoms with Gasteiger partial charge < -0.3 is 5.73 Å². The zero-order chi connectivity index (χ0) is 16.0.